The summed E-state index contributed by atoms with van der Waals surface area (Å²) in [5, 5.41) is 20.2. The highest BCUT2D eigenvalue weighted by atomic mass is 16.4. The number of carboxylic acids is 2. The van der Waals surface area contributed by atoms with E-state index in [1.807, 2.05) is 11.9 Å². The summed E-state index contributed by atoms with van der Waals surface area (Å²) in [5.74, 6) is -2.91. The number of carbonyl (C=O) groups excluding carboxylic acids is 1. The average Bonchev–Trinajstić information content (AvgIpc) is 2.75. The van der Waals surface area contributed by atoms with Gasteiger partial charge in [0.2, 0.25) is 5.95 Å². The van der Waals surface area contributed by atoms with Crippen molar-refractivity contribution in [3.8, 4) is 0 Å². The summed E-state index contributed by atoms with van der Waals surface area (Å²) < 4.78 is 0. The number of aromatic nitrogens is 4. The maximum atomic E-state index is 12.4. The van der Waals surface area contributed by atoms with Crippen LogP contribution in [-0.2, 0) is 16.1 Å². The summed E-state index contributed by atoms with van der Waals surface area (Å²) in [5.41, 5.74) is 13.6. The first kappa shape index (κ1) is 23.1. The zero-order valence-corrected chi connectivity index (χ0v) is 17.6. The molecule has 172 valence electrons. The second kappa shape index (κ2) is 9.72. The van der Waals surface area contributed by atoms with Gasteiger partial charge in [0, 0.05) is 24.7 Å². The van der Waals surface area contributed by atoms with Gasteiger partial charge in [-0.3, -0.25) is 9.59 Å². The Labute approximate surface area is 187 Å². The molecule has 7 N–H and O–H groups in total. The molecule has 2 heterocycles. The lowest BCUT2D eigenvalue weighted by atomic mass is 10.1. The third-order valence-electron chi connectivity index (χ3n) is 4.72. The molecule has 2 aromatic heterocycles. The molecule has 0 spiro atoms. The highest BCUT2D eigenvalue weighted by Gasteiger charge is 2.21. The number of amides is 1. The minimum Gasteiger partial charge on any atom is -0.481 e. The lowest BCUT2D eigenvalue weighted by Gasteiger charge is -2.19. The SMILES string of the molecule is CN(Cc1cnc2c(N)nc(N)nc2n1)c1ccc(C(=O)NC(CCC(=O)O)C(=O)O)cc1. The van der Waals surface area contributed by atoms with Gasteiger partial charge in [0.1, 0.15) is 11.6 Å². The Kier molecular flexibility index (Phi) is 6.81. The van der Waals surface area contributed by atoms with E-state index in [2.05, 4.69) is 25.3 Å². The molecular weight excluding hydrogens is 432 g/mol. The molecule has 0 saturated heterocycles. The number of rotatable bonds is 9. The van der Waals surface area contributed by atoms with Crippen molar-refractivity contribution in [1.82, 2.24) is 25.3 Å². The van der Waals surface area contributed by atoms with Gasteiger partial charge in [-0.1, -0.05) is 0 Å². The van der Waals surface area contributed by atoms with Crippen molar-refractivity contribution in [3.63, 3.8) is 0 Å². The van der Waals surface area contributed by atoms with Crippen LogP contribution in [0, 0.1) is 0 Å². The first-order valence-corrected chi connectivity index (χ1v) is 9.75. The van der Waals surface area contributed by atoms with Gasteiger partial charge in [-0.2, -0.15) is 9.97 Å². The predicted octanol–water partition coefficient (Wildman–Crippen LogP) is 0.268. The Morgan fingerprint density at radius 2 is 1.79 bits per heavy atom. The van der Waals surface area contributed by atoms with Crippen LogP contribution in [0.2, 0.25) is 0 Å². The first-order chi connectivity index (χ1) is 15.6. The molecule has 0 aliphatic rings. The fourth-order valence-electron chi connectivity index (χ4n) is 3.03. The van der Waals surface area contributed by atoms with E-state index < -0.39 is 23.9 Å². The predicted molar refractivity (Wildman–Crippen MR) is 118 cm³/mol. The van der Waals surface area contributed by atoms with E-state index in [1.54, 1.807) is 18.3 Å². The highest BCUT2D eigenvalue weighted by Crippen LogP contribution is 2.18. The molecular formula is C20H22N8O5. The number of hydrogen-bond acceptors (Lipinski definition) is 10. The number of carbonyl (C=O) groups is 3. The summed E-state index contributed by atoms with van der Waals surface area (Å²) in [7, 11) is 1.82. The monoisotopic (exact) mass is 454 g/mol. The lowest BCUT2D eigenvalue weighted by molar-refractivity contribution is -0.140. The standard InChI is InChI=1S/C20H22N8O5/c1-28(9-11-8-23-15-16(21)26-20(22)27-17(15)24-11)12-4-2-10(3-5-12)18(31)25-13(19(32)33)6-7-14(29)30/h2-5,8,13H,6-7,9H2,1H3,(H,25,31)(H,29,30)(H,32,33)(H4,21,22,24,26,27). The van der Waals surface area contributed by atoms with Crippen molar-refractivity contribution in [2.45, 2.75) is 25.4 Å². The van der Waals surface area contributed by atoms with Gasteiger partial charge in [-0.15, -0.1) is 0 Å². The number of aliphatic carboxylic acids is 2. The molecule has 3 rings (SSSR count). The van der Waals surface area contributed by atoms with E-state index >= 15 is 0 Å². The van der Waals surface area contributed by atoms with Crippen LogP contribution in [0.3, 0.4) is 0 Å². The Hall–Kier alpha value is -4.55. The van der Waals surface area contributed by atoms with Gasteiger partial charge in [0.25, 0.3) is 5.91 Å². The molecule has 0 fully saturated rings. The minimum atomic E-state index is -1.30. The molecule has 1 unspecified atom stereocenters. The Balaban J connectivity index is 1.67. The van der Waals surface area contributed by atoms with Gasteiger partial charge in [-0.05, 0) is 30.7 Å². The number of fused-ring (bicyclic) bond motifs is 1. The van der Waals surface area contributed by atoms with E-state index in [9.17, 15) is 19.5 Å². The smallest absolute Gasteiger partial charge is 0.326 e. The van der Waals surface area contributed by atoms with Gasteiger partial charge in [-0.25, -0.2) is 14.8 Å². The number of anilines is 3. The quantitative estimate of drug-likeness (QED) is 0.295. The maximum absolute atomic E-state index is 12.4. The molecule has 13 heteroatoms. The van der Waals surface area contributed by atoms with Crippen LogP contribution in [0.5, 0.6) is 0 Å². The molecule has 1 amide bonds. The number of benzene rings is 1. The largest absolute Gasteiger partial charge is 0.481 e. The Morgan fingerprint density at radius 1 is 1.09 bits per heavy atom. The van der Waals surface area contributed by atoms with Crippen LogP contribution in [0.4, 0.5) is 17.5 Å². The third kappa shape index (κ3) is 5.78. The summed E-state index contributed by atoms with van der Waals surface area (Å²) >= 11 is 0. The topological polar surface area (TPSA) is 211 Å². The van der Waals surface area contributed by atoms with Crippen LogP contribution in [-0.4, -0.2) is 61.1 Å². The fourth-order valence-corrected chi connectivity index (χ4v) is 3.03. The molecule has 1 aromatic carbocycles. The van der Waals surface area contributed by atoms with E-state index in [0.29, 0.717) is 17.8 Å². The van der Waals surface area contributed by atoms with Gasteiger partial charge < -0.3 is 31.9 Å². The van der Waals surface area contributed by atoms with E-state index in [4.69, 9.17) is 16.6 Å². The van der Waals surface area contributed by atoms with Gasteiger partial charge in [0.15, 0.2) is 11.5 Å². The van der Waals surface area contributed by atoms with Crippen LogP contribution in [0.1, 0.15) is 28.9 Å². The van der Waals surface area contributed by atoms with E-state index in [0.717, 1.165) is 5.69 Å². The summed E-state index contributed by atoms with van der Waals surface area (Å²) in [6.07, 6.45) is 0.968. The van der Waals surface area contributed by atoms with Gasteiger partial charge in [0.05, 0.1) is 18.4 Å². The zero-order valence-electron chi connectivity index (χ0n) is 17.6. The van der Waals surface area contributed by atoms with Crippen LogP contribution in [0.15, 0.2) is 30.5 Å². The molecule has 0 aliphatic heterocycles. The molecule has 0 aliphatic carbocycles. The molecule has 1 atom stereocenters. The molecule has 33 heavy (non-hydrogen) atoms. The number of carboxylic acid groups (broad SMARTS) is 2. The molecule has 13 nitrogen and oxygen atoms in total. The first-order valence-electron chi connectivity index (χ1n) is 9.75. The van der Waals surface area contributed by atoms with E-state index in [1.165, 1.54) is 12.1 Å². The van der Waals surface area contributed by atoms with Gasteiger partial charge >= 0.3 is 11.9 Å². The highest BCUT2D eigenvalue weighted by molar-refractivity contribution is 5.97. The number of nitrogens with one attached hydrogen (secondary N) is 1. The Bertz CT molecular complexity index is 1200. The van der Waals surface area contributed by atoms with Crippen molar-refractivity contribution in [2.24, 2.45) is 0 Å². The van der Waals surface area contributed by atoms with Crippen LogP contribution < -0.4 is 21.7 Å². The Morgan fingerprint density at radius 3 is 2.42 bits per heavy atom. The molecule has 0 radical (unpaired) electrons. The van der Waals surface area contributed by atoms with E-state index in [-0.39, 0.29) is 35.8 Å². The van der Waals surface area contributed by atoms with Crippen molar-refractivity contribution in [2.75, 3.05) is 23.4 Å². The summed E-state index contributed by atoms with van der Waals surface area (Å²) in [4.78, 5) is 52.7. The van der Waals surface area contributed by atoms with Crippen molar-refractivity contribution in [3.05, 3.63) is 41.7 Å². The minimum absolute atomic E-state index is 0.00164. The number of nitrogens with zero attached hydrogens (tertiary/aromatic N) is 5. The maximum Gasteiger partial charge on any atom is 0.326 e. The lowest BCUT2D eigenvalue weighted by Crippen LogP contribution is -2.41. The second-order valence-electron chi connectivity index (χ2n) is 7.20. The van der Waals surface area contributed by atoms with Crippen LogP contribution >= 0.6 is 0 Å². The molecule has 0 bridgehead atoms. The molecule has 3 aromatic rings. The average molecular weight is 454 g/mol. The van der Waals surface area contributed by atoms with Crippen LogP contribution in [0.25, 0.3) is 11.2 Å². The number of nitrogen functional groups attached to an aromatic ring is 2. The molecule has 0 saturated carbocycles. The summed E-state index contributed by atoms with van der Waals surface area (Å²) in [6.45, 7) is 0.370. The number of nitrogens with two attached hydrogens (primary N) is 2. The normalized spacial score (nSPS) is 11.7. The zero-order chi connectivity index (χ0) is 24.1. The van der Waals surface area contributed by atoms with Crippen molar-refractivity contribution >= 4 is 46.5 Å². The summed E-state index contributed by atoms with van der Waals surface area (Å²) in [6, 6.07) is 5.16. The third-order valence-corrected chi connectivity index (χ3v) is 4.72. The number of hydrogen-bond donors (Lipinski definition) is 5. The second-order valence-corrected chi connectivity index (χ2v) is 7.20. The van der Waals surface area contributed by atoms with Crippen molar-refractivity contribution in [1.29, 1.82) is 0 Å². The van der Waals surface area contributed by atoms with Crippen molar-refractivity contribution < 1.29 is 24.6 Å². The fraction of sp³-hybridized carbons (Fsp3) is 0.250.